The molecule has 0 N–H and O–H groups in total. The summed E-state index contributed by atoms with van der Waals surface area (Å²) in [5.74, 6) is -0.210. The molecule has 0 saturated heterocycles. The van der Waals surface area contributed by atoms with E-state index in [2.05, 4.69) is 4.57 Å². The number of carbonyl (C=O) groups is 1. The molecule has 0 aliphatic carbocycles. The van der Waals surface area contributed by atoms with Crippen LogP contribution >= 0.6 is 11.8 Å². The van der Waals surface area contributed by atoms with E-state index in [9.17, 15) is 13.6 Å². The predicted molar refractivity (Wildman–Crippen MR) is 101 cm³/mol. The summed E-state index contributed by atoms with van der Waals surface area (Å²) in [4.78, 5) is 13.5. The van der Waals surface area contributed by atoms with Crippen molar-refractivity contribution in [1.82, 2.24) is 4.57 Å². The van der Waals surface area contributed by atoms with Crippen LogP contribution in [0.2, 0.25) is 0 Å². The molecule has 3 aromatic rings. The minimum atomic E-state index is -0.287. The van der Waals surface area contributed by atoms with Gasteiger partial charge in [0.05, 0.1) is 5.75 Å². The van der Waals surface area contributed by atoms with Gasteiger partial charge in [-0.05, 0) is 61.9 Å². The largest absolute Gasteiger partial charge is 0.344 e. The maximum absolute atomic E-state index is 13.1. The van der Waals surface area contributed by atoms with Crippen LogP contribution in [-0.4, -0.2) is 16.1 Å². The highest BCUT2D eigenvalue weighted by atomic mass is 32.2. The van der Waals surface area contributed by atoms with E-state index in [4.69, 9.17) is 0 Å². The van der Waals surface area contributed by atoms with Crippen LogP contribution in [0.5, 0.6) is 0 Å². The van der Waals surface area contributed by atoms with Gasteiger partial charge in [-0.15, -0.1) is 11.8 Å². The average Bonchev–Trinajstić information content (AvgIpc) is 2.91. The Kier molecular flexibility index (Phi) is 5.57. The summed E-state index contributed by atoms with van der Waals surface area (Å²) < 4.78 is 28.1. The van der Waals surface area contributed by atoms with Crippen LogP contribution in [0.15, 0.2) is 59.5 Å². The summed E-state index contributed by atoms with van der Waals surface area (Å²) in [5.41, 5.74) is 3.56. The molecule has 0 amide bonds. The van der Waals surface area contributed by atoms with Crippen molar-refractivity contribution < 1.29 is 13.6 Å². The minimum Gasteiger partial charge on any atom is -0.344 e. The van der Waals surface area contributed by atoms with Crippen LogP contribution in [0.25, 0.3) is 0 Å². The molecule has 134 valence electrons. The Bertz CT molecular complexity index is 914. The van der Waals surface area contributed by atoms with Gasteiger partial charge in [0.1, 0.15) is 11.6 Å². The number of benzene rings is 2. The van der Waals surface area contributed by atoms with E-state index in [-0.39, 0.29) is 17.4 Å². The standard InChI is InChI=1S/C21H19F2NOS/c1-14-11-20(21(25)13-26-19-9-7-18(23)8-10-19)15(2)24(14)12-16-3-5-17(22)6-4-16/h3-11H,12-13H2,1-2H3. The number of ketones is 1. The van der Waals surface area contributed by atoms with Crippen molar-refractivity contribution in [3.63, 3.8) is 0 Å². The summed E-state index contributed by atoms with van der Waals surface area (Å²) in [6, 6.07) is 14.4. The Labute approximate surface area is 155 Å². The zero-order chi connectivity index (χ0) is 18.7. The van der Waals surface area contributed by atoms with Crippen LogP contribution in [0.4, 0.5) is 8.78 Å². The zero-order valence-electron chi connectivity index (χ0n) is 14.6. The fourth-order valence-electron chi connectivity index (χ4n) is 2.86. The monoisotopic (exact) mass is 371 g/mol. The number of hydrogen-bond donors (Lipinski definition) is 0. The third-order valence-electron chi connectivity index (χ3n) is 4.31. The topological polar surface area (TPSA) is 22.0 Å². The van der Waals surface area contributed by atoms with E-state index < -0.39 is 0 Å². The zero-order valence-corrected chi connectivity index (χ0v) is 15.4. The number of halogens is 2. The van der Waals surface area contributed by atoms with Crippen molar-refractivity contribution in [3.05, 3.63) is 88.7 Å². The molecule has 0 fully saturated rings. The highest BCUT2D eigenvalue weighted by Crippen LogP contribution is 2.23. The molecule has 1 aromatic heterocycles. The van der Waals surface area contributed by atoms with E-state index in [0.717, 1.165) is 21.8 Å². The van der Waals surface area contributed by atoms with Crippen LogP contribution in [0.3, 0.4) is 0 Å². The Balaban J connectivity index is 1.72. The number of nitrogens with zero attached hydrogens (tertiary/aromatic N) is 1. The molecule has 0 atom stereocenters. The quantitative estimate of drug-likeness (QED) is 0.427. The lowest BCUT2D eigenvalue weighted by atomic mass is 10.2. The van der Waals surface area contributed by atoms with Crippen molar-refractivity contribution >= 4 is 17.5 Å². The normalized spacial score (nSPS) is 10.9. The van der Waals surface area contributed by atoms with Gasteiger partial charge < -0.3 is 4.57 Å². The van der Waals surface area contributed by atoms with E-state index in [1.54, 1.807) is 24.3 Å². The second-order valence-electron chi connectivity index (χ2n) is 6.16. The number of Topliss-reactive ketones (excluding diaryl/α,β-unsaturated/α-hetero) is 1. The highest BCUT2D eigenvalue weighted by molar-refractivity contribution is 8.00. The lowest BCUT2D eigenvalue weighted by Crippen LogP contribution is -2.07. The molecule has 26 heavy (non-hydrogen) atoms. The van der Waals surface area contributed by atoms with Crippen molar-refractivity contribution in [3.8, 4) is 0 Å². The summed E-state index contributed by atoms with van der Waals surface area (Å²) in [6.07, 6.45) is 0. The van der Waals surface area contributed by atoms with E-state index in [0.29, 0.717) is 17.9 Å². The smallest absolute Gasteiger partial charge is 0.174 e. The number of rotatable bonds is 6. The number of carbonyl (C=O) groups excluding carboxylic acids is 1. The average molecular weight is 371 g/mol. The third-order valence-corrected chi connectivity index (χ3v) is 5.32. The molecule has 0 bridgehead atoms. The molecule has 3 rings (SSSR count). The Morgan fingerprint density at radius 2 is 1.54 bits per heavy atom. The number of aromatic nitrogens is 1. The van der Waals surface area contributed by atoms with Crippen LogP contribution < -0.4 is 0 Å². The van der Waals surface area contributed by atoms with Crippen molar-refractivity contribution in [2.45, 2.75) is 25.3 Å². The third kappa shape index (κ3) is 4.22. The summed E-state index contributed by atoms with van der Waals surface area (Å²) in [6.45, 7) is 4.48. The second-order valence-corrected chi connectivity index (χ2v) is 7.21. The first-order chi connectivity index (χ1) is 12.4. The Morgan fingerprint density at radius 3 is 2.15 bits per heavy atom. The van der Waals surface area contributed by atoms with Gasteiger partial charge in [0, 0.05) is 28.4 Å². The lowest BCUT2D eigenvalue weighted by molar-refractivity contribution is 0.102. The predicted octanol–water partition coefficient (Wildman–Crippen LogP) is 5.41. The molecule has 1 heterocycles. The molecular weight excluding hydrogens is 352 g/mol. The van der Waals surface area contributed by atoms with Gasteiger partial charge in [-0.3, -0.25) is 4.79 Å². The summed E-state index contributed by atoms with van der Waals surface area (Å²) in [7, 11) is 0. The Morgan fingerprint density at radius 1 is 0.962 bits per heavy atom. The number of thioether (sulfide) groups is 1. The van der Waals surface area contributed by atoms with E-state index in [1.165, 1.54) is 36.0 Å². The van der Waals surface area contributed by atoms with Gasteiger partial charge in [-0.2, -0.15) is 0 Å². The van der Waals surface area contributed by atoms with Gasteiger partial charge >= 0.3 is 0 Å². The molecule has 0 spiro atoms. The second kappa shape index (κ2) is 7.87. The molecule has 0 aliphatic rings. The maximum Gasteiger partial charge on any atom is 0.174 e. The van der Waals surface area contributed by atoms with Crippen molar-refractivity contribution in [2.24, 2.45) is 0 Å². The van der Waals surface area contributed by atoms with Crippen LogP contribution in [0.1, 0.15) is 27.3 Å². The van der Waals surface area contributed by atoms with Gasteiger partial charge in [0.2, 0.25) is 0 Å². The lowest BCUT2D eigenvalue weighted by Gasteiger charge is -2.10. The molecular formula is C21H19F2NOS. The highest BCUT2D eigenvalue weighted by Gasteiger charge is 2.16. The van der Waals surface area contributed by atoms with Crippen LogP contribution in [-0.2, 0) is 6.54 Å². The van der Waals surface area contributed by atoms with Gasteiger partial charge in [-0.25, -0.2) is 8.78 Å². The summed E-state index contributed by atoms with van der Waals surface area (Å²) >= 11 is 1.39. The van der Waals surface area contributed by atoms with E-state index >= 15 is 0 Å². The van der Waals surface area contributed by atoms with Gasteiger partial charge in [0.15, 0.2) is 5.78 Å². The molecule has 0 saturated carbocycles. The first kappa shape index (κ1) is 18.4. The molecule has 2 nitrogen and oxygen atoms in total. The fraction of sp³-hybridized carbons (Fsp3) is 0.190. The first-order valence-electron chi connectivity index (χ1n) is 8.27. The first-order valence-corrected chi connectivity index (χ1v) is 9.25. The molecule has 5 heteroatoms. The number of aryl methyl sites for hydroxylation is 1. The SMILES string of the molecule is Cc1cc(C(=O)CSc2ccc(F)cc2)c(C)n1Cc1ccc(F)cc1. The number of hydrogen-bond acceptors (Lipinski definition) is 2. The minimum absolute atomic E-state index is 0.0396. The molecule has 0 unspecified atom stereocenters. The maximum atomic E-state index is 13.1. The van der Waals surface area contributed by atoms with Crippen molar-refractivity contribution in [2.75, 3.05) is 5.75 Å². The van der Waals surface area contributed by atoms with Crippen LogP contribution in [0, 0.1) is 25.5 Å². The molecule has 2 aromatic carbocycles. The van der Waals surface area contributed by atoms with E-state index in [1.807, 2.05) is 19.9 Å². The van der Waals surface area contributed by atoms with Gasteiger partial charge in [-0.1, -0.05) is 12.1 Å². The van der Waals surface area contributed by atoms with Crippen molar-refractivity contribution in [1.29, 1.82) is 0 Å². The van der Waals surface area contributed by atoms with Gasteiger partial charge in [0.25, 0.3) is 0 Å². The fourth-order valence-corrected chi connectivity index (χ4v) is 3.64. The Hall–Kier alpha value is -2.40. The molecule has 0 aliphatic heterocycles. The molecule has 0 radical (unpaired) electrons. The summed E-state index contributed by atoms with van der Waals surface area (Å²) in [5, 5.41) is 0.